The summed E-state index contributed by atoms with van der Waals surface area (Å²) in [6.45, 7) is 3.50. The largest absolute Gasteiger partial charge is 0.381 e. The molecule has 0 bridgehead atoms. The fourth-order valence-electron chi connectivity index (χ4n) is 1.43. The van der Waals surface area contributed by atoms with E-state index in [4.69, 9.17) is 4.74 Å². The van der Waals surface area contributed by atoms with Gasteiger partial charge in [0.2, 0.25) is 0 Å². The molecular formula is C13H17BrFNO2. The molecule has 0 saturated heterocycles. The molecule has 0 heterocycles. The number of nitrogens with one attached hydrogen (secondary N) is 1. The second-order valence-electron chi connectivity index (χ2n) is 3.89. The third-order valence-electron chi connectivity index (χ3n) is 2.34. The van der Waals surface area contributed by atoms with Crippen LogP contribution in [-0.2, 0) is 4.74 Å². The standard InChI is InChI=1S/C13H17BrFNO2/c1-10-3-4-11(12(15)9-10)13(17)16-6-2-7-18-8-5-14/h3-4,9H,2,5-8H2,1H3,(H,16,17). The quantitative estimate of drug-likeness (QED) is 0.620. The fourth-order valence-corrected chi connectivity index (χ4v) is 1.66. The number of carbonyl (C=O) groups excluding carboxylic acids is 1. The summed E-state index contributed by atoms with van der Waals surface area (Å²) < 4.78 is 18.7. The molecule has 0 radical (unpaired) electrons. The van der Waals surface area contributed by atoms with Gasteiger partial charge in [0.25, 0.3) is 5.91 Å². The smallest absolute Gasteiger partial charge is 0.254 e. The highest BCUT2D eigenvalue weighted by Crippen LogP contribution is 2.09. The minimum absolute atomic E-state index is 0.0852. The van der Waals surface area contributed by atoms with Crippen molar-refractivity contribution in [3.63, 3.8) is 0 Å². The Morgan fingerprint density at radius 3 is 2.89 bits per heavy atom. The first kappa shape index (κ1) is 15.1. The molecule has 0 unspecified atom stereocenters. The van der Waals surface area contributed by atoms with Crippen LogP contribution in [0.15, 0.2) is 18.2 Å². The molecular weight excluding hydrogens is 301 g/mol. The van der Waals surface area contributed by atoms with Crippen molar-refractivity contribution < 1.29 is 13.9 Å². The van der Waals surface area contributed by atoms with Gasteiger partial charge in [-0.2, -0.15) is 0 Å². The molecule has 0 atom stereocenters. The molecule has 18 heavy (non-hydrogen) atoms. The van der Waals surface area contributed by atoms with Crippen LogP contribution in [0.1, 0.15) is 22.3 Å². The predicted molar refractivity (Wildman–Crippen MR) is 72.7 cm³/mol. The number of hydrogen-bond donors (Lipinski definition) is 1. The van der Waals surface area contributed by atoms with E-state index in [9.17, 15) is 9.18 Å². The molecule has 0 aliphatic carbocycles. The first-order valence-electron chi connectivity index (χ1n) is 5.83. The van der Waals surface area contributed by atoms with E-state index in [0.717, 1.165) is 10.9 Å². The van der Waals surface area contributed by atoms with Crippen LogP contribution in [0, 0.1) is 12.7 Å². The van der Waals surface area contributed by atoms with E-state index in [2.05, 4.69) is 21.2 Å². The number of halogens is 2. The summed E-state index contributed by atoms with van der Waals surface area (Å²) in [5.41, 5.74) is 0.884. The maximum atomic E-state index is 13.5. The van der Waals surface area contributed by atoms with Crippen LogP contribution in [0.4, 0.5) is 4.39 Å². The van der Waals surface area contributed by atoms with Gasteiger partial charge in [0.05, 0.1) is 12.2 Å². The summed E-state index contributed by atoms with van der Waals surface area (Å²) in [5.74, 6) is -0.865. The molecule has 100 valence electrons. The Labute approximate surface area is 115 Å². The number of carbonyl (C=O) groups is 1. The molecule has 1 aromatic rings. The van der Waals surface area contributed by atoms with Gasteiger partial charge in [-0.1, -0.05) is 22.0 Å². The van der Waals surface area contributed by atoms with Crippen molar-refractivity contribution >= 4 is 21.8 Å². The highest BCUT2D eigenvalue weighted by molar-refractivity contribution is 9.09. The lowest BCUT2D eigenvalue weighted by atomic mass is 10.1. The molecule has 1 N–H and O–H groups in total. The van der Waals surface area contributed by atoms with Crippen molar-refractivity contribution in [3.05, 3.63) is 35.1 Å². The normalized spacial score (nSPS) is 10.4. The summed E-state index contributed by atoms with van der Waals surface area (Å²) in [6, 6.07) is 4.58. The van der Waals surface area contributed by atoms with Gasteiger partial charge < -0.3 is 10.1 Å². The van der Waals surface area contributed by atoms with Gasteiger partial charge in [-0.3, -0.25) is 4.79 Å². The highest BCUT2D eigenvalue weighted by Gasteiger charge is 2.10. The van der Waals surface area contributed by atoms with Crippen LogP contribution in [-0.4, -0.2) is 31.0 Å². The van der Waals surface area contributed by atoms with Gasteiger partial charge in [0.1, 0.15) is 5.82 Å². The zero-order valence-corrected chi connectivity index (χ0v) is 11.9. The lowest BCUT2D eigenvalue weighted by molar-refractivity contribution is 0.0940. The Hall–Kier alpha value is -0.940. The fraction of sp³-hybridized carbons (Fsp3) is 0.462. The van der Waals surface area contributed by atoms with Crippen LogP contribution >= 0.6 is 15.9 Å². The number of alkyl halides is 1. The maximum Gasteiger partial charge on any atom is 0.254 e. The van der Waals surface area contributed by atoms with Crippen LogP contribution < -0.4 is 5.32 Å². The monoisotopic (exact) mass is 317 g/mol. The van der Waals surface area contributed by atoms with Crippen LogP contribution in [0.3, 0.4) is 0 Å². The van der Waals surface area contributed by atoms with Crippen molar-refractivity contribution in [2.45, 2.75) is 13.3 Å². The molecule has 1 rings (SSSR count). The zero-order chi connectivity index (χ0) is 13.4. The van der Waals surface area contributed by atoms with Crippen molar-refractivity contribution in [1.82, 2.24) is 5.32 Å². The topological polar surface area (TPSA) is 38.3 Å². The van der Waals surface area contributed by atoms with Crippen LogP contribution in [0.25, 0.3) is 0 Å². The number of benzene rings is 1. The maximum absolute atomic E-state index is 13.5. The van der Waals surface area contributed by atoms with Gasteiger partial charge in [0, 0.05) is 18.5 Å². The molecule has 5 heteroatoms. The summed E-state index contributed by atoms with van der Waals surface area (Å²) in [5, 5.41) is 3.47. The van der Waals surface area contributed by atoms with Gasteiger partial charge in [0.15, 0.2) is 0 Å². The Bertz CT molecular complexity index is 399. The molecule has 0 aromatic heterocycles. The lowest BCUT2D eigenvalue weighted by Gasteiger charge is -2.07. The number of hydrogen-bond acceptors (Lipinski definition) is 2. The van der Waals surface area contributed by atoms with Crippen molar-refractivity contribution in [2.24, 2.45) is 0 Å². The summed E-state index contributed by atoms with van der Waals surface area (Å²) in [4.78, 5) is 11.7. The minimum Gasteiger partial charge on any atom is -0.381 e. The van der Waals surface area contributed by atoms with E-state index in [1.165, 1.54) is 12.1 Å². The average molecular weight is 318 g/mol. The molecule has 0 aliphatic heterocycles. The van der Waals surface area contributed by atoms with E-state index >= 15 is 0 Å². The highest BCUT2D eigenvalue weighted by atomic mass is 79.9. The molecule has 0 fully saturated rings. The molecule has 0 saturated carbocycles. The van der Waals surface area contributed by atoms with Crippen molar-refractivity contribution in [1.29, 1.82) is 0 Å². The van der Waals surface area contributed by atoms with E-state index in [1.54, 1.807) is 13.0 Å². The number of rotatable bonds is 7. The molecule has 1 aromatic carbocycles. The average Bonchev–Trinajstić information content (AvgIpc) is 2.33. The van der Waals surface area contributed by atoms with Crippen LogP contribution in [0.5, 0.6) is 0 Å². The first-order valence-corrected chi connectivity index (χ1v) is 6.95. The van der Waals surface area contributed by atoms with Crippen molar-refractivity contribution in [2.75, 3.05) is 25.1 Å². The number of aryl methyl sites for hydroxylation is 1. The summed E-state index contributed by atoms with van der Waals surface area (Å²) in [7, 11) is 0. The summed E-state index contributed by atoms with van der Waals surface area (Å²) in [6.07, 6.45) is 0.715. The molecule has 1 amide bonds. The van der Waals surface area contributed by atoms with Gasteiger partial charge in [-0.25, -0.2) is 4.39 Å². The van der Waals surface area contributed by atoms with E-state index in [1.807, 2.05) is 0 Å². The van der Waals surface area contributed by atoms with Crippen molar-refractivity contribution in [3.8, 4) is 0 Å². The van der Waals surface area contributed by atoms with E-state index < -0.39 is 5.82 Å². The van der Waals surface area contributed by atoms with Gasteiger partial charge in [-0.05, 0) is 31.0 Å². The Balaban J connectivity index is 2.32. The second kappa shape index (κ2) is 8.21. The van der Waals surface area contributed by atoms with Crippen LogP contribution in [0.2, 0.25) is 0 Å². The van der Waals surface area contributed by atoms with Gasteiger partial charge in [-0.15, -0.1) is 0 Å². The molecule has 0 aliphatic rings. The zero-order valence-electron chi connectivity index (χ0n) is 10.3. The third-order valence-corrected chi connectivity index (χ3v) is 2.67. The number of amides is 1. The molecule has 0 spiro atoms. The Morgan fingerprint density at radius 1 is 1.44 bits per heavy atom. The SMILES string of the molecule is Cc1ccc(C(=O)NCCCOCCBr)c(F)c1. The summed E-state index contributed by atoms with van der Waals surface area (Å²) >= 11 is 3.25. The lowest BCUT2D eigenvalue weighted by Crippen LogP contribution is -2.26. The third kappa shape index (κ3) is 5.14. The molecule has 3 nitrogen and oxygen atoms in total. The predicted octanol–water partition coefficient (Wildman–Crippen LogP) is 2.67. The van der Waals surface area contributed by atoms with E-state index in [0.29, 0.717) is 26.2 Å². The Kier molecular flexibility index (Phi) is 6.90. The number of ether oxygens (including phenoxy) is 1. The first-order chi connectivity index (χ1) is 8.65. The minimum atomic E-state index is -0.483. The van der Waals surface area contributed by atoms with E-state index in [-0.39, 0.29) is 11.5 Å². The Morgan fingerprint density at radius 2 is 2.22 bits per heavy atom. The second-order valence-corrected chi connectivity index (χ2v) is 4.69. The van der Waals surface area contributed by atoms with Gasteiger partial charge >= 0.3 is 0 Å².